The number of aliphatic hydroxyl groups excluding tert-OH is 1. The average Bonchev–Trinajstić information content (AvgIpc) is 2.85. The summed E-state index contributed by atoms with van der Waals surface area (Å²) in [6.07, 6.45) is -0.691. The standard InChI is InChI=1S/C9H12BrClN2O3S2/c1-13(6-3-12-4-7(6)14)18(15,16)8-2-5(11)9(10)17-8/h2,6-7,12,14H,3-4H2,1H3/t6-,7-/m1/s1. The second-order valence-electron chi connectivity index (χ2n) is 4.00. The fraction of sp³-hybridized carbons (Fsp3) is 0.556. The molecule has 2 heterocycles. The number of aliphatic hydroxyl groups is 1. The Kier molecular flexibility index (Phi) is 4.37. The number of halogens is 2. The first-order chi connectivity index (χ1) is 8.34. The molecule has 1 aromatic heterocycles. The minimum atomic E-state index is -3.62. The lowest BCUT2D eigenvalue weighted by Crippen LogP contribution is -2.43. The molecule has 0 bridgehead atoms. The summed E-state index contributed by atoms with van der Waals surface area (Å²) >= 11 is 10.1. The molecule has 0 saturated carbocycles. The zero-order chi connectivity index (χ0) is 13.5. The molecule has 2 rings (SSSR count). The predicted molar refractivity (Wildman–Crippen MR) is 74.6 cm³/mol. The number of rotatable bonds is 3. The molecule has 2 atom stereocenters. The summed E-state index contributed by atoms with van der Waals surface area (Å²) in [6.45, 7) is 0.844. The highest BCUT2D eigenvalue weighted by Gasteiger charge is 2.36. The van der Waals surface area contributed by atoms with Gasteiger partial charge >= 0.3 is 0 Å². The number of hydrogen-bond donors (Lipinski definition) is 2. The molecule has 1 aromatic rings. The van der Waals surface area contributed by atoms with Crippen molar-refractivity contribution >= 4 is 48.9 Å². The number of hydrogen-bond acceptors (Lipinski definition) is 5. The summed E-state index contributed by atoms with van der Waals surface area (Å²) in [5, 5.41) is 13.1. The SMILES string of the molecule is CN([C@@H]1CNC[C@H]1O)S(=O)(=O)c1cc(Cl)c(Br)s1. The van der Waals surface area contributed by atoms with E-state index in [1.165, 1.54) is 17.4 Å². The Labute approximate surface area is 123 Å². The number of nitrogens with one attached hydrogen (secondary N) is 1. The van der Waals surface area contributed by atoms with Crippen molar-refractivity contribution in [1.29, 1.82) is 0 Å². The molecule has 9 heteroatoms. The summed E-state index contributed by atoms with van der Waals surface area (Å²) < 4.78 is 26.6. The molecule has 102 valence electrons. The van der Waals surface area contributed by atoms with Crippen LogP contribution in [0.1, 0.15) is 0 Å². The largest absolute Gasteiger partial charge is 0.390 e. The molecule has 1 aliphatic heterocycles. The van der Waals surface area contributed by atoms with Crippen LogP contribution in [0.5, 0.6) is 0 Å². The zero-order valence-corrected chi connectivity index (χ0v) is 13.4. The second-order valence-corrected chi connectivity index (χ2v) is 9.00. The maximum absolute atomic E-state index is 12.3. The third kappa shape index (κ3) is 2.60. The first kappa shape index (κ1) is 14.7. The first-order valence-corrected chi connectivity index (χ1v) is 8.58. The van der Waals surface area contributed by atoms with E-state index in [1.807, 2.05) is 0 Å². The molecular weight excluding hydrogens is 364 g/mol. The molecule has 1 saturated heterocycles. The van der Waals surface area contributed by atoms with Gasteiger partial charge in [-0.05, 0) is 22.0 Å². The van der Waals surface area contributed by atoms with Gasteiger partial charge < -0.3 is 10.4 Å². The van der Waals surface area contributed by atoms with E-state index in [2.05, 4.69) is 21.2 Å². The van der Waals surface area contributed by atoms with Crippen LogP contribution in [-0.4, -0.2) is 50.1 Å². The number of β-amino-alcohol motifs (C(OH)–C–C–N with tert-alkyl or cyclic N) is 1. The van der Waals surface area contributed by atoms with Crippen LogP contribution in [0.3, 0.4) is 0 Å². The summed E-state index contributed by atoms with van der Waals surface area (Å²) in [5.74, 6) is 0. The van der Waals surface area contributed by atoms with E-state index in [1.54, 1.807) is 0 Å². The van der Waals surface area contributed by atoms with Crippen molar-refractivity contribution < 1.29 is 13.5 Å². The van der Waals surface area contributed by atoms with Crippen molar-refractivity contribution in [3.63, 3.8) is 0 Å². The van der Waals surface area contributed by atoms with Crippen molar-refractivity contribution in [2.45, 2.75) is 16.4 Å². The molecule has 0 unspecified atom stereocenters. The average molecular weight is 376 g/mol. The molecule has 0 amide bonds. The van der Waals surface area contributed by atoms with Crippen molar-refractivity contribution in [3.8, 4) is 0 Å². The van der Waals surface area contributed by atoms with E-state index < -0.39 is 22.2 Å². The Balaban J connectivity index is 2.30. The molecule has 1 fully saturated rings. The third-order valence-corrected chi connectivity index (χ3v) is 7.68. The van der Waals surface area contributed by atoms with Crippen molar-refractivity contribution in [3.05, 3.63) is 14.9 Å². The van der Waals surface area contributed by atoms with E-state index in [9.17, 15) is 13.5 Å². The highest BCUT2D eigenvalue weighted by Crippen LogP contribution is 2.36. The van der Waals surface area contributed by atoms with E-state index in [0.717, 1.165) is 11.3 Å². The van der Waals surface area contributed by atoms with Gasteiger partial charge in [0.2, 0.25) is 0 Å². The number of nitrogens with zero attached hydrogens (tertiary/aromatic N) is 1. The van der Waals surface area contributed by atoms with Gasteiger partial charge in [0.1, 0.15) is 4.21 Å². The van der Waals surface area contributed by atoms with Crippen LogP contribution in [0.25, 0.3) is 0 Å². The Morgan fingerprint density at radius 2 is 2.28 bits per heavy atom. The van der Waals surface area contributed by atoms with Gasteiger partial charge in [0.05, 0.1) is 21.0 Å². The lowest BCUT2D eigenvalue weighted by atomic mass is 10.2. The maximum Gasteiger partial charge on any atom is 0.252 e. The minimum absolute atomic E-state index is 0.168. The summed E-state index contributed by atoms with van der Waals surface area (Å²) in [7, 11) is -2.15. The summed E-state index contributed by atoms with van der Waals surface area (Å²) in [5.41, 5.74) is 0. The molecule has 0 aliphatic carbocycles. The van der Waals surface area contributed by atoms with Crippen molar-refractivity contribution in [1.82, 2.24) is 9.62 Å². The Bertz CT molecular complexity index is 529. The van der Waals surface area contributed by atoms with Crippen molar-refractivity contribution in [2.24, 2.45) is 0 Å². The smallest absolute Gasteiger partial charge is 0.252 e. The number of likely N-dealkylation sites (N-methyl/N-ethyl adjacent to an activating group) is 1. The van der Waals surface area contributed by atoms with Gasteiger partial charge in [0.15, 0.2) is 0 Å². The Morgan fingerprint density at radius 1 is 1.61 bits per heavy atom. The highest BCUT2D eigenvalue weighted by atomic mass is 79.9. The van der Waals surface area contributed by atoms with Crippen LogP contribution >= 0.6 is 38.9 Å². The molecule has 1 aliphatic rings. The predicted octanol–water partition coefficient (Wildman–Crippen LogP) is 1.12. The van der Waals surface area contributed by atoms with Crippen LogP contribution in [0.2, 0.25) is 5.02 Å². The topological polar surface area (TPSA) is 69.6 Å². The van der Waals surface area contributed by atoms with Crippen LogP contribution in [0.15, 0.2) is 14.1 Å². The Hall–Kier alpha value is 0.300. The number of thiophene rings is 1. The number of sulfonamides is 1. The molecule has 5 nitrogen and oxygen atoms in total. The van der Waals surface area contributed by atoms with Crippen LogP contribution in [0.4, 0.5) is 0 Å². The maximum atomic E-state index is 12.3. The minimum Gasteiger partial charge on any atom is -0.390 e. The van der Waals surface area contributed by atoms with E-state index in [0.29, 0.717) is 21.9 Å². The molecule has 0 radical (unpaired) electrons. The second kappa shape index (κ2) is 5.35. The van der Waals surface area contributed by atoms with Crippen LogP contribution in [-0.2, 0) is 10.0 Å². The molecule has 2 N–H and O–H groups in total. The zero-order valence-electron chi connectivity index (χ0n) is 9.43. The van der Waals surface area contributed by atoms with Gasteiger partial charge in [-0.3, -0.25) is 0 Å². The molecular formula is C9H12BrClN2O3S2. The van der Waals surface area contributed by atoms with Crippen molar-refractivity contribution in [2.75, 3.05) is 20.1 Å². The third-order valence-electron chi connectivity index (χ3n) is 2.87. The molecule has 0 aromatic carbocycles. The van der Waals surface area contributed by atoms with Gasteiger partial charge in [-0.2, -0.15) is 4.31 Å². The highest BCUT2D eigenvalue weighted by molar-refractivity contribution is 9.11. The van der Waals surface area contributed by atoms with Crippen LogP contribution in [0, 0.1) is 0 Å². The Morgan fingerprint density at radius 3 is 2.72 bits per heavy atom. The van der Waals surface area contributed by atoms with Crippen LogP contribution < -0.4 is 5.32 Å². The van der Waals surface area contributed by atoms with E-state index >= 15 is 0 Å². The first-order valence-electron chi connectivity index (χ1n) is 5.15. The lowest BCUT2D eigenvalue weighted by molar-refractivity contribution is 0.136. The summed E-state index contributed by atoms with van der Waals surface area (Å²) in [4.78, 5) is 0. The summed E-state index contributed by atoms with van der Waals surface area (Å²) in [6, 6.07) is 0.964. The van der Waals surface area contributed by atoms with Gasteiger partial charge in [-0.15, -0.1) is 11.3 Å². The van der Waals surface area contributed by atoms with Gasteiger partial charge in [0, 0.05) is 20.1 Å². The lowest BCUT2D eigenvalue weighted by Gasteiger charge is -2.24. The fourth-order valence-corrected chi connectivity index (χ4v) is 5.77. The van der Waals surface area contributed by atoms with Gasteiger partial charge in [0.25, 0.3) is 10.0 Å². The fourth-order valence-electron chi connectivity index (χ4n) is 1.80. The van der Waals surface area contributed by atoms with E-state index in [4.69, 9.17) is 11.6 Å². The molecule has 0 spiro atoms. The van der Waals surface area contributed by atoms with Gasteiger partial charge in [-0.1, -0.05) is 11.6 Å². The van der Waals surface area contributed by atoms with Gasteiger partial charge in [-0.25, -0.2) is 8.42 Å². The normalized spacial score (nSPS) is 24.9. The quantitative estimate of drug-likeness (QED) is 0.830. The molecule has 18 heavy (non-hydrogen) atoms. The monoisotopic (exact) mass is 374 g/mol. The van der Waals surface area contributed by atoms with E-state index in [-0.39, 0.29) is 4.21 Å².